The van der Waals surface area contributed by atoms with Crippen molar-refractivity contribution in [2.45, 2.75) is 6.36 Å². The lowest BCUT2D eigenvalue weighted by atomic mass is 10.3. The molecule has 2 aromatic rings. The molecule has 106 valence electrons. The summed E-state index contributed by atoms with van der Waals surface area (Å²) < 4.78 is 39.8. The molecule has 0 amide bonds. The van der Waals surface area contributed by atoms with Crippen LogP contribution in [0.2, 0.25) is 0 Å². The van der Waals surface area contributed by atoms with E-state index in [1.807, 2.05) is 0 Å². The van der Waals surface area contributed by atoms with Gasteiger partial charge >= 0.3 is 6.36 Å². The molecule has 0 aliphatic carbocycles. The fourth-order valence-corrected chi connectivity index (χ4v) is 1.44. The Morgan fingerprint density at radius 3 is 2.20 bits per heavy atom. The van der Waals surface area contributed by atoms with Crippen molar-refractivity contribution in [1.29, 1.82) is 0 Å². The lowest BCUT2D eigenvalue weighted by molar-refractivity contribution is -0.274. The molecule has 2 rings (SSSR count). The average Bonchev–Trinajstić information content (AvgIpc) is 2.35. The van der Waals surface area contributed by atoms with Crippen molar-refractivity contribution in [2.24, 2.45) is 0 Å². The smallest absolute Gasteiger partial charge is 0.406 e. The number of hydrogen-bond acceptors (Lipinski definition) is 5. The van der Waals surface area contributed by atoms with E-state index in [4.69, 9.17) is 11.5 Å². The van der Waals surface area contributed by atoms with Crippen LogP contribution in [0.15, 0.2) is 36.4 Å². The lowest BCUT2D eigenvalue weighted by Crippen LogP contribution is -2.16. The molecule has 1 heterocycles. The summed E-state index contributed by atoms with van der Waals surface area (Å²) in [5.74, 6) is 0.307. The largest absolute Gasteiger partial charge is 0.573 e. The maximum absolute atomic E-state index is 12.0. The van der Waals surface area contributed by atoms with Crippen LogP contribution in [0.3, 0.4) is 0 Å². The predicted octanol–water partition coefficient (Wildman–Crippen LogP) is 2.89. The normalized spacial score (nSPS) is 11.2. The van der Waals surface area contributed by atoms with Crippen molar-refractivity contribution in [3.05, 3.63) is 36.4 Å². The molecule has 0 atom stereocenters. The SMILES string of the molecule is Nc1ccc(Nc2ccc(OC(F)(F)F)cc2)nc1N. The highest BCUT2D eigenvalue weighted by atomic mass is 19.4. The minimum absolute atomic E-state index is 0.173. The van der Waals surface area contributed by atoms with E-state index in [1.165, 1.54) is 24.3 Å². The van der Waals surface area contributed by atoms with Crippen LogP contribution in [0.1, 0.15) is 0 Å². The molecule has 1 aromatic carbocycles. The Bertz CT molecular complexity index is 599. The number of pyridine rings is 1. The molecule has 0 aliphatic rings. The van der Waals surface area contributed by atoms with E-state index in [0.717, 1.165) is 0 Å². The van der Waals surface area contributed by atoms with E-state index in [0.29, 0.717) is 17.2 Å². The van der Waals surface area contributed by atoms with Gasteiger partial charge in [-0.15, -0.1) is 13.2 Å². The monoisotopic (exact) mass is 284 g/mol. The number of nitrogens with zero attached hydrogens (tertiary/aromatic N) is 1. The highest BCUT2D eigenvalue weighted by molar-refractivity contribution is 5.65. The van der Waals surface area contributed by atoms with Crippen LogP contribution in [0.5, 0.6) is 5.75 Å². The van der Waals surface area contributed by atoms with E-state index in [-0.39, 0.29) is 11.6 Å². The summed E-state index contributed by atoms with van der Waals surface area (Å²) in [5.41, 5.74) is 12.0. The summed E-state index contributed by atoms with van der Waals surface area (Å²) >= 11 is 0. The van der Waals surface area contributed by atoms with Crippen LogP contribution in [0, 0.1) is 0 Å². The van der Waals surface area contributed by atoms with Crippen molar-refractivity contribution in [3.8, 4) is 5.75 Å². The van der Waals surface area contributed by atoms with Crippen LogP contribution < -0.4 is 21.5 Å². The summed E-state index contributed by atoms with van der Waals surface area (Å²) in [6, 6.07) is 8.41. The zero-order valence-corrected chi connectivity index (χ0v) is 10.1. The van der Waals surface area contributed by atoms with Gasteiger partial charge in [0.05, 0.1) is 5.69 Å². The zero-order valence-electron chi connectivity index (χ0n) is 10.1. The number of ether oxygens (including phenoxy) is 1. The molecule has 1 aromatic heterocycles. The number of halogens is 3. The Hall–Kier alpha value is -2.64. The van der Waals surface area contributed by atoms with Crippen LogP contribution in [-0.2, 0) is 0 Å². The van der Waals surface area contributed by atoms with Gasteiger partial charge in [0.15, 0.2) is 0 Å². The second-order valence-electron chi connectivity index (χ2n) is 3.87. The highest BCUT2D eigenvalue weighted by Crippen LogP contribution is 2.25. The number of nitrogens with two attached hydrogens (primary N) is 2. The molecule has 0 bridgehead atoms. The van der Waals surface area contributed by atoms with Crippen molar-refractivity contribution >= 4 is 23.0 Å². The molecule has 8 heteroatoms. The Morgan fingerprint density at radius 1 is 1.00 bits per heavy atom. The summed E-state index contributed by atoms with van der Waals surface area (Å²) in [6.07, 6.45) is -4.71. The highest BCUT2D eigenvalue weighted by Gasteiger charge is 2.30. The predicted molar refractivity (Wildman–Crippen MR) is 69.5 cm³/mol. The molecule has 0 aliphatic heterocycles. The zero-order chi connectivity index (χ0) is 14.8. The molecule has 5 nitrogen and oxygen atoms in total. The van der Waals surface area contributed by atoms with Gasteiger partial charge in [0.1, 0.15) is 17.4 Å². The summed E-state index contributed by atoms with van der Waals surface area (Å²) in [5, 5.41) is 2.88. The average molecular weight is 284 g/mol. The molecule has 0 spiro atoms. The first kappa shape index (κ1) is 13.8. The Balaban J connectivity index is 2.08. The first-order valence-corrected chi connectivity index (χ1v) is 5.48. The third kappa shape index (κ3) is 3.67. The number of hydrogen-bond donors (Lipinski definition) is 3. The molecule has 0 unspecified atom stereocenters. The van der Waals surface area contributed by atoms with Gasteiger partial charge < -0.3 is 21.5 Å². The fraction of sp³-hybridized carbons (Fsp3) is 0.0833. The van der Waals surface area contributed by atoms with Crippen LogP contribution in [-0.4, -0.2) is 11.3 Å². The van der Waals surface area contributed by atoms with Gasteiger partial charge in [-0.3, -0.25) is 0 Å². The lowest BCUT2D eigenvalue weighted by Gasteiger charge is -2.10. The van der Waals surface area contributed by atoms with E-state index in [9.17, 15) is 13.2 Å². The van der Waals surface area contributed by atoms with E-state index in [1.54, 1.807) is 12.1 Å². The topological polar surface area (TPSA) is 86.2 Å². The number of alkyl halides is 3. The molecule has 5 N–H and O–H groups in total. The molecule has 20 heavy (non-hydrogen) atoms. The van der Waals surface area contributed by atoms with Gasteiger partial charge in [-0.1, -0.05) is 0 Å². The molecule has 0 radical (unpaired) electrons. The number of anilines is 4. The summed E-state index contributed by atoms with van der Waals surface area (Å²) in [6.45, 7) is 0. The van der Waals surface area contributed by atoms with Gasteiger partial charge in [0, 0.05) is 5.69 Å². The van der Waals surface area contributed by atoms with Crippen LogP contribution in [0.4, 0.5) is 36.2 Å². The van der Waals surface area contributed by atoms with Gasteiger partial charge in [-0.05, 0) is 36.4 Å². The summed E-state index contributed by atoms with van der Waals surface area (Å²) in [7, 11) is 0. The molecular formula is C12H11F3N4O. The first-order valence-electron chi connectivity index (χ1n) is 5.48. The standard InChI is InChI=1S/C12H11F3N4O/c13-12(14,15)20-8-3-1-7(2-4-8)18-10-6-5-9(16)11(17)19-10/h1-6H,16H2,(H3,17,18,19). The molecule has 0 saturated heterocycles. The number of aromatic nitrogens is 1. The second kappa shape index (κ2) is 5.16. The Morgan fingerprint density at radius 2 is 1.65 bits per heavy atom. The van der Waals surface area contributed by atoms with Crippen LogP contribution >= 0.6 is 0 Å². The molecular weight excluding hydrogens is 273 g/mol. The first-order chi connectivity index (χ1) is 9.33. The third-order valence-electron chi connectivity index (χ3n) is 2.32. The van der Waals surface area contributed by atoms with Crippen molar-refractivity contribution in [3.63, 3.8) is 0 Å². The van der Waals surface area contributed by atoms with Crippen molar-refractivity contribution < 1.29 is 17.9 Å². The van der Waals surface area contributed by atoms with Crippen molar-refractivity contribution in [1.82, 2.24) is 4.98 Å². The Labute approximate surface area is 112 Å². The molecule has 0 saturated carbocycles. The third-order valence-corrected chi connectivity index (χ3v) is 2.32. The van der Waals surface area contributed by atoms with E-state index >= 15 is 0 Å². The quantitative estimate of drug-likeness (QED) is 0.806. The number of nitrogen functional groups attached to an aromatic ring is 2. The number of benzene rings is 1. The van der Waals surface area contributed by atoms with Gasteiger partial charge in [-0.25, -0.2) is 4.98 Å². The maximum atomic E-state index is 12.0. The van der Waals surface area contributed by atoms with Gasteiger partial charge in [0.2, 0.25) is 0 Å². The molecule has 0 fully saturated rings. The minimum Gasteiger partial charge on any atom is -0.406 e. The number of rotatable bonds is 3. The van der Waals surface area contributed by atoms with Crippen LogP contribution in [0.25, 0.3) is 0 Å². The van der Waals surface area contributed by atoms with E-state index in [2.05, 4.69) is 15.0 Å². The summed E-state index contributed by atoms with van der Waals surface area (Å²) in [4.78, 5) is 3.98. The fourth-order valence-electron chi connectivity index (χ4n) is 1.44. The minimum atomic E-state index is -4.71. The second-order valence-corrected chi connectivity index (χ2v) is 3.87. The van der Waals surface area contributed by atoms with Gasteiger partial charge in [0.25, 0.3) is 0 Å². The number of nitrogens with one attached hydrogen (secondary N) is 1. The maximum Gasteiger partial charge on any atom is 0.573 e. The van der Waals surface area contributed by atoms with Crippen molar-refractivity contribution in [2.75, 3.05) is 16.8 Å². The van der Waals surface area contributed by atoms with Gasteiger partial charge in [-0.2, -0.15) is 0 Å². The Kier molecular flexibility index (Phi) is 3.55. The van der Waals surface area contributed by atoms with E-state index < -0.39 is 6.36 Å².